The molecule has 0 aliphatic rings. The predicted octanol–water partition coefficient (Wildman–Crippen LogP) is 3.51. The summed E-state index contributed by atoms with van der Waals surface area (Å²) >= 11 is 0. The van der Waals surface area contributed by atoms with Gasteiger partial charge in [0.05, 0.1) is 17.7 Å². The molecule has 1 N–H and O–H groups in total. The first-order valence-electron chi connectivity index (χ1n) is 10.4. The zero-order valence-corrected chi connectivity index (χ0v) is 20.1. The van der Waals surface area contributed by atoms with Crippen LogP contribution in [-0.4, -0.2) is 47.5 Å². The number of methoxy groups -OCH3 is 1. The third-order valence-electron chi connectivity index (χ3n) is 5.24. The van der Waals surface area contributed by atoms with Gasteiger partial charge in [-0.05, 0) is 67.7 Å². The molecular weight excluding hydrogens is 438 g/mol. The molecule has 3 aromatic carbocycles. The molecule has 3 aromatic rings. The van der Waals surface area contributed by atoms with Crippen molar-refractivity contribution in [3.8, 4) is 5.75 Å². The molecule has 7 nitrogen and oxygen atoms in total. The van der Waals surface area contributed by atoms with Crippen LogP contribution in [-0.2, 0) is 23.1 Å². The van der Waals surface area contributed by atoms with E-state index < -0.39 is 10.0 Å². The van der Waals surface area contributed by atoms with Gasteiger partial charge < -0.3 is 15.0 Å². The topological polar surface area (TPSA) is 78.9 Å². The Balaban J connectivity index is 1.76. The second-order valence-corrected chi connectivity index (χ2v) is 9.86. The Morgan fingerprint density at radius 2 is 1.58 bits per heavy atom. The molecule has 0 saturated heterocycles. The zero-order valence-electron chi connectivity index (χ0n) is 19.3. The van der Waals surface area contributed by atoms with E-state index in [0.29, 0.717) is 18.0 Å². The van der Waals surface area contributed by atoms with E-state index in [1.54, 1.807) is 43.5 Å². The minimum absolute atomic E-state index is 0.0430. The molecule has 174 valence electrons. The second kappa shape index (κ2) is 10.5. The summed E-state index contributed by atoms with van der Waals surface area (Å²) in [4.78, 5) is 14.9. The summed E-state index contributed by atoms with van der Waals surface area (Å²) in [6.45, 7) is 1.11. The quantitative estimate of drug-likeness (QED) is 0.521. The van der Waals surface area contributed by atoms with Crippen LogP contribution in [0.4, 0.5) is 5.69 Å². The van der Waals surface area contributed by atoms with Crippen LogP contribution in [0, 0.1) is 0 Å². The van der Waals surface area contributed by atoms with Crippen molar-refractivity contribution in [2.45, 2.75) is 18.0 Å². The lowest BCUT2D eigenvalue weighted by molar-refractivity contribution is 0.0950. The molecule has 0 heterocycles. The normalized spacial score (nSPS) is 11.3. The van der Waals surface area contributed by atoms with E-state index in [1.165, 1.54) is 23.5 Å². The summed E-state index contributed by atoms with van der Waals surface area (Å²) < 4.78 is 32.6. The summed E-state index contributed by atoms with van der Waals surface area (Å²) in [5.41, 5.74) is 2.91. The monoisotopic (exact) mass is 467 g/mol. The summed E-state index contributed by atoms with van der Waals surface area (Å²) in [6.07, 6.45) is 0. The van der Waals surface area contributed by atoms with Crippen LogP contribution >= 0.6 is 0 Å². The van der Waals surface area contributed by atoms with Crippen LogP contribution in [0.15, 0.2) is 77.7 Å². The Hall–Kier alpha value is -3.36. The predicted molar refractivity (Wildman–Crippen MR) is 130 cm³/mol. The van der Waals surface area contributed by atoms with Gasteiger partial charge >= 0.3 is 0 Å². The highest BCUT2D eigenvalue weighted by atomic mass is 32.2. The molecule has 0 saturated carbocycles. The lowest BCUT2D eigenvalue weighted by atomic mass is 10.1. The molecule has 0 aromatic heterocycles. The van der Waals surface area contributed by atoms with E-state index in [1.807, 2.05) is 38.4 Å². The molecule has 0 unspecified atom stereocenters. The Bertz CT molecular complexity index is 1210. The highest BCUT2D eigenvalue weighted by Gasteiger charge is 2.22. The number of nitrogens with zero attached hydrogens (tertiary/aromatic N) is 2. The van der Waals surface area contributed by atoms with Gasteiger partial charge in [0.15, 0.2) is 0 Å². The first-order chi connectivity index (χ1) is 15.7. The third-order valence-corrected chi connectivity index (χ3v) is 7.02. The van der Waals surface area contributed by atoms with Gasteiger partial charge in [-0.25, -0.2) is 8.42 Å². The first-order valence-corrected chi connectivity index (χ1v) is 11.9. The highest BCUT2D eigenvalue weighted by Crippen LogP contribution is 2.24. The molecule has 0 spiro atoms. The van der Waals surface area contributed by atoms with E-state index >= 15 is 0 Å². The number of sulfonamides is 1. The van der Waals surface area contributed by atoms with Crippen LogP contribution in [0.1, 0.15) is 21.5 Å². The molecule has 1 amide bonds. The van der Waals surface area contributed by atoms with Gasteiger partial charge in [0.1, 0.15) is 5.75 Å². The number of ether oxygens (including phenoxy) is 1. The molecule has 33 heavy (non-hydrogen) atoms. The lowest BCUT2D eigenvalue weighted by Crippen LogP contribution is -2.27. The molecule has 0 fully saturated rings. The Morgan fingerprint density at radius 1 is 0.909 bits per heavy atom. The van der Waals surface area contributed by atoms with Crippen molar-refractivity contribution < 1.29 is 17.9 Å². The molecule has 0 bridgehead atoms. The van der Waals surface area contributed by atoms with Gasteiger partial charge in [-0.1, -0.05) is 30.3 Å². The maximum atomic E-state index is 13.1. The molecule has 8 heteroatoms. The minimum Gasteiger partial charge on any atom is -0.497 e. The summed E-state index contributed by atoms with van der Waals surface area (Å²) in [6, 6.07) is 20.7. The largest absolute Gasteiger partial charge is 0.497 e. The molecular formula is C25H29N3O4S. The van der Waals surface area contributed by atoms with Crippen LogP contribution in [0.2, 0.25) is 0 Å². The van der Waals surface area contributed by atoms with E-state index in [4.69, 9.17) is 4.74 Å². The first kappa shape index (κ1) is 24.3. The average Bonchev–Trinajstić information content (AvgIpc) is 2.82. The van der Waals surface area contributed by atoms with Gasteiger partial charge in [0.25, 0.3) is 15.9 Å². The SMILES string of the molecule is COc1ccc(N(C)S(=O)(=O)c2cccc(C(=O)NCc3ccccc3CN(C)C)c2)cc1. The number of benzene rings is 3. The van der Waals surface area contributed by atoms with Crippen molar-refractivity contribution in [2.24, 2.45) is 0 Å². The van der Waals surface area contributed by atoms with Crippen molar-refractivity contribution >= 4 is 21.6 Å². The molecule has 0 atom stereocenters. The number of rotatable bonds is 9. The van der Waals surface area contributed by atoms with Crippen LogP contribution in [0.5, 0.6) is 5.75 Å². The van der Waals surface area contributed by atoms with Crippen LogP contribution in [0.25, 0.3) is 0 Å². The van der Waals surface area contributed by atoms with Gasteiger partial charge in [-0.3, -0.25) is 9.10 Å². The number of amides is 1. The summed E-state index contributed by atoms with van der Waals surface area (Å²) in [5, 5.41) is 2.90. The Morgan fingerprint density at radius 3 is 2.21 bits per heavy atom. The number of carbonyl (C=O) groups is 1. The Kier molecular flexibility index (Phi) is 7.73. The average molecular weight is 468 g/mol. The summed E-state index contributed by atoms with van der Waals surface area (Å²) in [7, 11) is 3.16. The van der Waals surface area contributed by atoms with E-state index in [-0.39, 0.29) is 16.4 Å². The smallest absolute Gasteiger partial charge is 0.264 e. The lowest BCUT2D eigenvalue weighted by Gasteiger charge is -2.20. The fourth-order valence-corrected chi connectivity index (χ4v) is 4.63. The molecule has 0 radical (unpaired) electrons. The molecule has 0 aliphatic heterocycles. The highest BCUT2D eigenvalue weighted by molar-refractivity contribution is 7.92. The number of anilines is 1. The van der Waals surface area contributed by atoms with Gasteiger partial charge in [0.2, 0.25) is 0 Å². The Labute approximate surface area is 195 Å². The number of nitrogens with one attached hydrogen (secondary N) is 1. The second-order valence-electron chi connectivity index (χ2n) is 7.89. The summed E-state index contributed by atoms with van der Waals surface area (Å²) in [5.74, 6) is 0.300. The van der Waals surface area contributed by atoms with Gasteiger partial charge in [-0.15, -0.1) is 0 Å². The minimum atomic E-state index is -3.85. The van der Waals surface area contributed by atoms with E-state index in [9.17, 15) is 13.2 Å². The number of hydrogen-bond acceptors (Lipinski definition) is 5. The zero-order chi connectivity index (χ0) is 24.0. The number of carbonyl (C=O) groups excluding carboxylic acids is 1. The van der Waals surface area contributed by atoms with Gasteiger partial charge in [-0.2, -0.15) is 0 Å². The van der Waals surface area contributed by atoms with Crippen molar-refractivity contribution in [3.63, 3.8) is 0 Å². The van der Waals surface area contributed by atoms with Crippen molar-refractivity contribution in [3.05, 3.63) is 89.5 Å². The van der Waals surface area contributed by atoms with Crippen molar-refractivity contribution in [1.29, 1.82) is 0 Å². The fraction of sp³-hybridized carbons (Fsp3) is 0.240. The maximum absolute atomic E-state index is 13.1. The third kappa shape index (κ3) is 5.91. The fourth-order valence-electron chi connectivity index (χ4n) is 3.39. The van der Waals surface area contributed by atoms with Crippen LogP contribution in [0.3, 0.4) is 0 Å². The number of hydrogen-bond donors (Lipinski definition) is 1. The van der Waals surface area contributed by atoms with Crippen molar-refractivity contribution in [1.82, 2.24) is 10.2 Å². The van der Waals surface area contributed by atoms with Crippen molar-refractivity contribution in [2.75, 3.05) is 32.6 Å². The van der Waals surface area contributed by atoms with E-state index in [2.05, 4.69) is 10.2 Å². The van der Waals surface area contributed by atoms with Crippen LogP contribution < -0.4 is 14.4 Å². The molecule has 0 aliphatic carbocycles. The van der Waals surface area contributed by atoms with E-state index in [0.717, 1.165) is 17.7 Å². The maximum Gasteiger partial charge on any atom is 0.264 e. The molecule has 3 rings (SSSR count). The standard InChI is InChI=1S/C25H29N3O4S/c1-27(2)18-21-9-6-5-8-20(21)17-26-25(29)19-10-7-11-24(16-19)33(30,31)28(3)22-12-14-23(32-4)15-13-22/h5-16H,17-18H2,1-4H3,(H,26,29). The van der Waals surface area contributed by atoms with Gasteiger partial charge in [0, 0.05) is 25.7 Å².